The molecule has 3 fully saturated rings. The molecular weight excluding hydrogens is 256 g/mol. The zero-order valence-electron chi connectivity index (χ0n) is 12.3. The van der Waals surface area contributed by atoms with E-state index >= 15 is 0 Å². The Kier molecular flexibility index (Phi) is 3.71. The quantitative estimate of drug-likeness (QED) is 0.768. The van der Waals surface area contributed by atoms with E-state index in [1.54, 1.807) is 0 Å². The van der Waals surface area contributed by atoms with Crippen LogP contribution in [0.1, 0.15) is 32.1 Å². The fraction of sp³-hybridized carbons (Fsp3) is 0.867. The highest BCUT2D eigenvalue weighted by Gasteiger charge is 2.49. The Morgan fingerprint density at radius 3 is 2.85 bits per heavy atom. The van der Waals surface area contributed by atoms with Gasteiger partial charge in [0.2, 0.25) is 11.8 Å². The molecule has 1 unspecified atom stereocenters. The number of amides is 2. The summed E-state index contributed by atoms with van der Waals surface area (Å²) in [6, 6.07) is 0. The van der Waals surface area contributed by atoms with Crippen molar-refractivity contribution >= 4 is 11.8 Å². The van der Waals surface area contributed by atoms with Gasteiger partial charge >= 0.3 is 0 Å². The molecule has 3 rings (SSSR count). The van der Waals surface area contributed by atoms with Crippen molar-refractivity contribution in [1.82, 2.24) is 9.80 Å². The first-order valence-electron chi connectivity index (χ1n) is 7.71. The molecule has 0 aromatic heterocycles. The van der Waals surface area contributed by atoms with Crippen LogP contribution in [-0.2, 0) is 14.3 Å². The molecule has 112 valence electrons. The average molecular weight is 280 g/mol. The summed E-state index contributed by atoms with van der Waals surface area (Å²) in [5, 5.41) is 0. The van der Waals surface area contributed by atoms with Gasteiger partial charge in [-0.2, -0.15) is 0 Å². The van der Waals surface area contributed by atoms with Crippen LogP contribution in [0.2, 0.25) is 0 Å². The Hall–Kier alpha value is -1.10. The van der Waals surface area contributed by atoms with Gasteiger partial charge in [-0.25, -0.2) is 0 Å². The highest BCUT2D eigenvalue weighted by Crippen LogP contribution is 2.41. The van der Waals surface area contributed by atoms with Crippen LogP contribution >= 0.6 is 0 Å². The maximum atomic E-state index is 12.8. The summed E-state index contributed by atoms with van der Waals surface area (Å²) >= 11 is 0. The first kappa shape index (κ1) is 13.9. The molecule has 2 amide bonds. The highest BCUT2D eigenvalue weighted by atomic mass is 16.5. The van der Waals surface area contributed by atoms with Crippen molar-refractivity contribution in [3.8, 4) is 0 Å². The normalized spacial score (nSPS) is 30.4. The monoisotopic (exact) mass is 280 g/mol. The van der Waals surface area contributed by atoms with Crippen LogP contribution in [-0.4, -0.2) is 61.5 Å². The van der Waals surface area contributed by atoms with E-state index in [4.69, 9.17) is 4.74 Å². The van der Waals surface area contributed by atoms with Gasteiger partial charge in [0, 0.05) is 33.3 Å². The van der Waals surface area contributed by atoms with Gasteiger partial charge < -0.3 is 14.5 Å². The smallest absolute Gasteiger partial charge is 0.248 e. The van der Waals surface area contributed by atoms with Crippen molar-refractivity contribution in [2.24, 2.45) is 11.3 Å². The number of methoxy groups -OCH3 is 1. The molecule has 1 saturated carbocycles. The predicted octanol–water partition coefficient (Wildman–Crippen LogP) is 0.884. The third-order valence-corrected chi connectivity index (χ3v) is 4.97. The molecule has 2 aliphatic heterocycles. The van der Waals surface area contributed by atoms with Crippen LogP contribution in [0.5, 0.6) is 0 Å². The summed E-state index contributed by atoms with van der Waals surface area (Å²) in [6.45, 7) is 3.26. The van der Waals surface area contributed by atoms with Crippen LogP contribution in [0.25, 0.3) is 0 Å². The highest BCUT2D eigenvalue weighted by molar-refractivity contribution is 5.86. The fourth-order valence-electron chi connectivity index (χ4n) is 3.62. The molecule has 0 N–H and O–H groups in total. The lowest BCUT2D eigenvalue weighted by molar-refractivity contribution is -0.146. The molecular formula is C15H24N2O3. The molecule has 2 saturated heterocycles. The topological polar surface area (TPSA) is 49.9 Å². The van der Waals surface area contributed by atoms with E-state index in [1.807, 2.05) is 4.90 Å². The largest absolute Gasteiger partial charge is 0.375 e. The van der Waals surface area contributed by atoms with Crippen LogP contribution in [0.15, 0.2) is 0 Å². The summed E-state index contributed by atoms with van der Waals surface area (Å²) < 4.78 is 4.91. The van der Waals surface area contributed by atoms with E-state index in [9.17, 15) is 9.59 Å². The maximum absolute atomic E-state index is 12.8. The summed E-state index contributed by atoms with van der Waals surface area (Å²) in [7, 11) is 1.53. The van der Waals surface area contributed by atoms with Gasteiger partial charge in [0.05, 0.1) is 5.41 Å². The molecule has 20 heavy (non-hydrogen) atoms. The third kappa shape index (κ3) is 2.55. The van der Waals surface area contributed by atoms with E-state index in [0.717, 1.165) is 38.3 Å². The second-order valence-electron chi connectivity index (χ2n) is 6.58. The lowest BCUT2D eigenvalue weighted by Gasteiger charge is -2.39. The number of ether oxygens (including phenoxy) is 1. The third-order valence-electron chi connectivity index (χ3n) is 4.97. The van der Waals surface area contributed by atoms with Crippen molar-refractivity contribution in [3.05, 3.63) is 0 Å². The van der Waals surface area contributed by atoms with Crippen LogP contribution in [0.3, 0.4) is 0 Å². The average Bonchev–Trinajstić information content (AvgIpc) is 3.14. The molecule has 5 nitrogen and oxygen atoms in total. The van der Waals surface area contributed by atoms with Gasteiger partial charge in [0.1, 0.15) is 6.61 Å². The van der Waals surface area contributed by atoms with Crippen LogP contribution in [0, 0.1) is 11.3 Å². The van der Waals surface area contributed by atoms with Crippen LogP contribution < -0.4 is 0 Å². The van der Waals surface area contributed by atoms with Crippen LogP contribution in [0.4, 0.5) is 0 Å². The van der Waals surface area contributed by atoms with Gasteiger partial charge in [-0.1, -0.05) is 0 Å². The molecule has 1 atom stereocenters. The van der Waals surface area contributed by atoms with Crippen molar-refractivity contribution in [1.29, 1.82) is 0 Å². The number of nitrogens with zero attached hydrogens (tertiary/aromatic N) is 2. The minimum Gasteiger partial charge on any atom is -0.375 e. The Balaban J connectivity index is 1.65. The maximum Gasteiger partial charge on any atom is 0.248 e. The summed E-state index contributed by atoms with van der Waals surface area (Å²) in [5.41, 5.74) is -0.295. The number of piperidine rings is 1. The van der Waals surface area contributed by atoms with Crippen molar-refractivity contribution in [3.63, 3.8) is 0 Å². The molecule has 5 heteroatoms. The minimum absolute atomic E-state index is 0.0106. The molecule has 3 aliphatic rings. The predicted molar refractivity (Wildman–Crippen MR) is 74.0 cm³/mol. The zero-order chi connectivity index (χ0) is 14.2. The molecule has 0 radical (unpaired) electrons. The molecule has 2 heterocycles. The lowest BCUT2D eigenvalue weighted by Crippen LogP contribution is -2.51. The number of carbonyl (C=O) groups excluding carboxylic acids is 2. The van der Waals surface area contributed by atoms with Gasteiger partial charge in [-0.15, -0.1) is 0 Å². The van der Waals surface area contributed by atoms with Crippen molar-refractivity contribution < 1.29 is 14.3 Å². The summed E-state index contributed by atoms with van der Waals surface area (Å²) in [5.74, 6) is 1.04. The lowest BCUT2D eigenvalue weighted by atomic mass is 9.78. The molecule has 1 spiro atoms. The molecule has 0 aromatic rings. The first-order chi connectivity index (χ1) is 9.64. The Morgan fingerprint density at radius 2 is 2.15 bits per heavy atom. The number of hydrogen-bond acceptors (Lipinski definition) is 3. The van der Waals surface area contributed by atoms with Gasteiger partial charge in [0.15, 0.2) is 0 Å². The zero-order valence-corrected chi connectivity index (χ0v) is 12.3. The van der Waals surface area contributed by atoms with E-state index in [0.29, 0.717) is 19.0 Å². The van der Waals surface area contributed by atoms with E-state index < -0.39 is 0 Å². The van der Waals surface area contributed by atoms with Gasteiger partial charge in [-0.05, 0) is 38.0 Å². The standard InChI is InChI=1S/C15H24N2O3/c1-20-10-13(18)17-8-6-15(11-17)5-2-7-16(14(15)19)9-12-3-4-12/h12H,2-11H2,1H3. The van der Waals surface area contributed by atoms with Gasteiger partial charge in [0.25, 0.3) is 0 Å². The number of rotatable bonds is 4. The van der Waals surface area contributed by atoms with Crippen molar-refractivity contribution in [2.45, 2.75) is 32.1 Å². The Morgan fingerprint density at radius 1 is 1.35 bits per heavy atom. The van der Waals surface area contributed by atoms with E-state index in [1.165, 1.54) is 20.0 Å². The second-order valence-corrected chi connectivity index (χ2v) is 6.58. The van der Waals surface area contributed by atoms with E-state index in [-0.39, 0.29) is 17.9 Å². The summed E-state index contributed by atoms with van der Waals surface area (Å²) in [6.07, 6.45) is 5.38. The number of hydrogen-bond donors (Lipinski definition) is 0. The summed E-state index contributed by atoms with van der Waals surface area (Å²) in [4.78, 5) is 28.6. The fourth-order valence-corrected chi connectivity index (χ4v) is 3.62. The van der Waals surface area contributed by atoms with E-state index in [2.05, 4.69) is 4.90 Å². The van der Waals surface area contributed by atoms with Crippen molar-refractivity contribution in [2.75, 3.05) is 39.9 Å². The Labute approximate surface area is 120 Å². The minimum atomic E-state index is -0.295. The first-order valence-corrected chi connectivity index (χ1v) is 7.71. The number of carbonyl (C=O) groups is 2. The molecule has 0 bridgehead atoms. The molecule has 0 aromatic carbocycles. The van der Waals surface area contributed by atoms with Gasteiger partial charge in [-0.3, -0.25) is 9.59 Å². The SMILES string of the molecule is COCC(=O)N1CCC2(CCCN(CC3CC3)C2=O)C1. The molecule has 1 aliphatic carbocycles. The second kappa shape index (κ2) is 5.35. The number of likely N-dealkylation sites (tertiary alicyclic amines) is 2. The Bertz CT molecular complexity index is 408.